The van der Waals surface area contributed by atoms with Crippen LogP contribution in [-0.4, -0.2) is 22.4 Å². The van der Waals surface area contributed by atoms with Gasteiger partial charge in [0.15, 0.2) is 5.78 Å². The van der Waals surface area contributed by atoms with Crippen molar-refractivity contribution in [1.29, 1.82) is 0 Å². The van der Waals surface area contributed by atoms with Crippen molar-refractivity contribution in [2.45, 2.75) is 26.2 Å². The first kappa shape index (κ1) is 14.2. The molecule has 2 aromatic rings. The van der Waals surface area contributed by atoms with Crippen LogP contribution >= 0.6 is 0 Å². The lowest BCUT2D eigenvalue weighted by Crippen LogP contribution is -2.02. The first-order valence-electron chi connectivity index (χ1n) is 6.80. The zero-order chi connectivity index (χ0) is 14.2. The molecule has 2 aromatic heterocycles. The Hall–Kier alpha value is -2.23. The third kappa shape index (κ3) is 4.16. The Kier molecular flexibility index (Phi) is 5.24. The second-order valence-electron chi connectivity index (χ2n) is 4.46. The van der Waals surface area contributed by atoms with Gasteiger partial charge < -0.3 is 4.74 Å². The SMILES string of the molecule is CCC(=O)c1ccc(OCCCc2ccncc2)cn1. The van der Waals surface area contributed by atoms with Crippen LogP contribution < -0.4 is 4.74 Å². The molecule has 0 aliphatic rings. The van der Waals surface area contributed by atoms with Crippen LogP contribution in [0.1, 0.15) is 35.8 Å². The summed E-state index contributed by atoms with van der Waals surface area (Å²) in [7, 11) is 0. The van der Waals surface area contributed by atoms with Crippen LogP contribution in [0.5, 0.6) is 5.75 Å². The molecule has 0 saturated carbocycles. The van der Waals surface area contributed by atoms with E-state index < -0.39 is 0 Å². The Bertz CT molecular complexity index is 538. The van der Waals surface area contributed by atoms with Crippen molar-refractivity contribution in [2.75, 3.05) is 6.61 Å². The van der Waals surface area contributed by atoms with E-state index in [2.05, 4.69) is 9.97 Å². The highest BCUT2D eigenvalue weighted by Crippen LogP contribution is 2.11. The molecule has 0 saturated heterocycles. The molecule has 2 rings (SSSR count). The van der Waals surface area contributed by atoms with Crippen molar-refractivity contribution in [3.63, 3.8) is 0 Å². The van der Waals surface area contributed by atoms with Gasteiger partial charge in [0, 0.05) is 18.8 Å². The van der Waals surface area contributed by atoms with Crippen molar-refractivity contribution in [1.82, 2.24) is 9.97 Å². The second-order valence-corrected chi connectivity index (χ2v) is 4.46. The fourth-order valence-corrected chi connectivity index (χ4v) is 1.83. The van der Waals surface area contributed by atoms with E-state index in [0.717, 1.165) is 12.8 Å². The largest absolute Gasteiger partial charge is 0.492 e. The highest BCUT2D eigenvalue weighted by molar-refractivity contribution is 5.93. The maximum absolute atomic E-state index is 11.4. The molecule has 0 atom stereocenters. The molecule has 4 nitrogen and oxygen atoms in total. The summed E-state index contributed by atoms with van der Waals surface area (Å²) >= 11 is 0. The van der Waals surface area contributed by atoms with Gasteiger partial charge in [-0.15, -0.1) is 0 Å². The third-order valence-electron chi connectivity index (χ3n) is 2.97. The van der Waals surface area contributed by atoms with Crippen LogP contribution in [0.3, 0.4) is 0 Å². The van der Waals surface area contributed by atoms with E-state index in [9.17, 15) is 4.79 Å². The van der Waals surface area contributed by atoms with Crippen molar-refractivity contribution < 1.29 is 9.53 Å². The van der Waals surface area contributed by atoms with Crippen LogP contribution in [0.25, 0.3) is 0 Å². The molecule has 0 bridgehead atoms. The number of carbonyl (C=O) groups is 1. The average Bonchev–Trinajstić information content (AvgIpc) is 2.52. The van der Waals surface area contributed by atoms with Crippen LogP contribution in [0.4, 0.5) is 0 Å². The fraction of sp³-hybridized carbons (Fsp3) is 0.312. The number of pyridine rings is 2. The minimum Gasteiger partial charge on any atom is -0.492 e. The van der Waals surface area contributed by atoms with Gasteiger partial charge >= 0.3 is 0 Å². The van der Waals surface area contributed by atoms with Gasteiger partial charge in [-0.25, -0.2) is 4.98 Å². The zero-order valence-electron chi connectivity index (χ0n) is 11.6. The minimum absolute atomic E-state index is 0.0502. The number of rotatable bonds is 7. The molecule has 0 spiro atoms. The highest BCUT2D eigenvalue weighted by atomic mass is 16.5. The predicted octanol–water partition coefficient (Wildman–Crippen LogP) is 3.08. The summed E-state index contributed by atoms with van der Waals surface area (Å²) in [6.45, 7) is 2.46. The minimum atomic E-state index is 0.0502. The van der Waals surface area contributed by atoms with Crippen LogP contribution in [0, 0.1) is 0 Å². The molecule has 0 fully saturated rings. The standard InChI is InChI=1S/C16H18N2O2/c1-2-16(19)15-6-5-14(12-18-15)20-11-3-4-13-7-9-17-10-8-13/h5-10,12H,2-4,11H2,1H3. The lowest BCUT2D eigenvalue weighted by Gasteiger charge is -2.06. The smallest absolute Gasteiger partial charge is 0.180 e. The average molecular weight is 270 g/mol. The number of nitrogens with zero attached hydrogens (tertiary/aromatic N) is 2. The summed E-state index contributed by atoms with van der Waals surface area (Å²) < 4.78 is 5.61. The maximum atomic E-state index is 11.4. The van der Waals surface area contributed by atoms with Gasteiger partial charge in [-0.05, 0) is 42.7 Å². The Morgan fingerprint density at radius 1 is 1.20 bits per heavy atom. The molecule has 20 heavy (non-hydrogen) atoms. The fourth-order valence-electron chi connectivity index (χ4n) is 1.83. The molecular formula is C16H18N2O2. The number of aromatic nitrogens is 2. The number of hydrogen-bond donors (Lipinski definition) is 0. The van der Waals surface area contributed by atoms with Crippen LogP contribution in [0.15, 0.2) is 42.9 Å². The molecule has 0 N–H and O–H groups in total. The van der Waals surface area contributed by atoms with E-state index in [4.69, 9.17) is 4.74 Å². The van der Waals surface area contributed by atoms with E-state index in [1.54, 1.807) is 30.7 Å². The van der Waals surface area contributed by atoms with Gasteiger partial charge in [0.1, 0.15) is 11.4 Å². The van der Waals surface area contributed by atoms with Crippen molar-refractivity contribution in [3.05, 3.63) is 54.1 Å². The molecule has 0 aromatic carbocycles. The molecular weight excluding hydrogens is 252 g/mol. The Morgan fingerprint density at radius 3 is 2.65 bits per heavy atom. The number of Topliss-reactive ketones (excluding diaryl/α,β-unsaturated/α-hetero) is 1. The van der Waals surface area contributed by atoms with Crippen molar-refractivity contribution in [2.24, 2.45) is 0 Å². The molecule has 0 amide bonds. The number of ether oxygens (including phenoxy) is 1. The molecule has 0 aliphatic heterocycles. The number of ketones is 1. The first-order chi connectivity index (χ1) is 9.79. The van der Waals surface area contributed by atoms with E-state index in [0.29, 0.717) is 24.5 Å². The van der Waals surface area contributed by atoms with E-state index in [1.807, 2.05) is 19.1 Å². The first-order valence-corrected chi connectivity index (χ1v) is 6.80. The van der Waals surface area contributed by atoms with Gasteiger partial charge in [-0.1, -0.05) is 6.92 Å². The summed E-state index contributed by atoms with van der Waals surface area (Å²) in [4.78, 5) is 19.5. The van der Waals surface area contributed by atoms with Gasteiger partial charge in [-0.2, -0.15) is 0 Å². The summed E-state index contributed by atoms with van der Waals surface area (Å²) in [5.74, 6) is 0.751. The summed E-state index contributed by atoms with van der Waals surface area (Å²) in [5.41, 5.74) is 1.75. The predicted molar refractivity (Wildman–Crippen MR) is 76.9 cm³/mol. The molecule has 104 valence electrons. The number of carbonyl (C=O) groups excluding carboxylic acids is 1. The summed E-state index contributed by atoms with van der Waals surface area (Å²) in [6.07, 6.45) is 7.56. The van der Waals surface area contributed by atoms with E-state index in [-0.39, 0.29) is 5.78 Å². The summed E-state index contributed by atoms with van der Waals surface area (Å²) in [6, 6.07) is 7.52. The van der Waals surface area contributed by atoms with Crippen LogP contribution in [0.2, 0.25) is 0 Å². The van der Waals surface area contributed by atoms with Gasteiger partial charge in [0.25, 0.3) is 0 Å². The maximum Gasteiger partial charge on any atom is 0.180 e. The Labute approximate surface area is 118 Å². The zero-order valence-corrected chi connectivity index (χ0v) is 11.6. The lowest BCUT2D eigenvalue weighted by molar-refractivity contribution is 0.0983. The monoisotopic (exact) mass is 270 g/mol. The highest BCUT2D eigenvalue weighted by Gasteiger charge is 2.04. The Balaban J connectivity index is 1.75. The molecule has 2 heterocycles. The van der Waals surface area contributed by atoms with Gasteiger partial charge in [0.05, 0.1) is 12.8 Å². The number of aryl methyl sites for hydroxylation is 1. The van der Waals surface area contributed by atoms with Crippen LogP contribution in [-0.2, 0) is 6.42 Å². The molecule has 4 heteroatoms. The lowest BCUT2D eigenvalue weighted by atomic mass is 10.1. The van der Waals surface area contributed by atoms with Crippen molar-refractivity contribution >= 4 is 5.78 Å². The quantitative estimate of drug-likeness (QED) is 0.573. The summed E-state index contributed by atoms with van der Waals surface area (Å²) in [5, 5.41) is 0. The van der Waals surface area contributed by atoms with E-state index >= 15 is 0 Å². The van der Waals surface area contributed by atoms with Gasteiger partial charge in [-0.3, -0.25) is 9.78 Å². The third-order valence-corrected chi connectivity index (χ3v) is 2.97. The normalized spacial score (nSPS) is 10.2. The molecule has 0 aliphatic carbocycles. The van der Waals surface area contributed by atoms with Crippen molar-refractivity contribution in [3.8, 4) is 5.75 Å². The van der Waals surface area contributed by atoms with E-state index in [1.165, 1.54) is 5.56 Å². The topological polar surface area (TPSA) is 52.1 Å². The van der Waals surface area contributed by atoms with Gasteiger partial charge in [0.2, 0.25) is 0 Å². The second kappa shape index (κ2) is 7.38. The Morgan fingerprint density at radius 2 is 2.00 bits per heavy atom. The molecule has 0 unspecified atom stereocenters. The molecule has 0 radical (unpaired) electrons. The number of hydrogen-bond acceptors (Lipinski definition) is 4.